The quantitative estimate of drug-likeness (QED) is 0.330. The smallest absolute Gasteiger partial charge is 0.175 e. The van der Waals surface area contributed by atoms with E-state index in [2.05, 4.69) is 24.0 Å². The zero-order chi connectivity index (χ0) is 19.5. The first-order valence-corrected chi connectivity index (χ1v) is 10.1. The number of nitriles is 1. The molecule has 0 aliphatic heterocycles. The van der Waals surface area contributed by atoms with Crippen molar-refractivity contribution < 1.29 is 4.79 Å². The molecule has 5 heteroatoms. The SMILES string of the molecule is Cc1cc(SCC(=O)c2cn(CCC#N)c3ccccc23)nc2ccccc12. The number of hydrogen-bond acceptors (Lipinski definition) is 4. The highest BCUT2D eigenvalue weighted by Crippen LogP contribution is 2.27. The van der Waals surface area contributed by atoms with Gasteiger partial charge >= 0.3 is 0 Å². The Hall–Kier alpha value is -3.10. The van der Waals surface area contributed by atoms with Gasteiger partial charge in [-0.2, -0.15) is 5.26 Å². The summed E-state index contributed by atoms with van der Waals surface area (Å²) in [6.45, 7) is 2.65. The maximum atomic E-state index is 12.9. The molecule has 0 radical (unpaired) electrons. The van der Waals surface area contributed by atoms with E-state index in [1.54, 1.807) is 0 Å². The summed E-state index contributed by atoms with van der Waals surface area (Å²) in [4.78, 5) is 17.6. The number of pyridine rings is 1. The van der Waals surface area contributed by atoms with Crippen molar-refractivity contribution >= 4 is 39.4 Å². The molecule has 0 aliphatic carbocycles. The zero-order valence-electron chi connectivity index (χ0n) is 15.6. The van der Waals surface area contributed by atoms with Gasteiger partial charge in [0.2, 0.25) is 0 Å². The molecule has 0 saturated carbocycles. The van der Waals surface area contributed by atoms with Gasteiger partial charge in [0.1, 0.15) is 0 Å². The van der Waals surface area contributed by atoms with Crippen molar-refractivity contribution in [2.75, 3.05) is 5.75 Å². The van der Waals surface area contributed by atoms with Gasteiger partial charge in [0.15, 0.2) is 5.78 Å². The van der Waals surface area contributed by atoms with Crippen LogP contribution in [0.5, 0.6) is 0 Å². The summed E-state index contributed by atoms with van der Waals surface area (Å²) in [5.74, 6) is 0.404. The number of thioether (sulfide) groups is 1. The first-order valence-electron chi connectivity index (χ1n) is 9.14. The molecule has 4 aromatic rings. The van der Waals surface area contributed by atoms with E-state index < -0.39 is 0 Å². The number of para-hydroxylation sites is 2. The standard InChI is InChI=1S/C23H19N3OS/c1-16-13-23(25-20-9-4-2-7-17(16)20)28-15-22(27)19-14-26(12-6-11-24)21-10-5-3-8-18(19)21/h2-5,7-10,13-14H,6,12,15H2,1H3. The molecule has 28 heavy (non-hydrogen) atoms. The number of carbonyl (C=O) groups is 1. The molecule has 0 amide bonds. The highest BCUT2D eigenvalue weighted by molar-refractivity contribution is 7.99. The van der Waals surface area contributed by atoms with Crippen molar-refractivity contribution in [2.24, 2.45) is 0 Å². The van der Waals surface area contributed by atoms with Gasteiger partial charge in [-0.05, 0) is 30.7 Å². The summed E-state index contributed by atoms with van der Waals surface area (Å²) >= 11 is 1.47. The van der Waals surface area contributed by atoms with Crippen molar-refractivity contribution in [1.29, 1.82) is 5.26 Å². The Morgan fingerprint density at radius 2 is 1.89 bits per heavy atom. The van der Waals surface area contributed by atoms with Gasteiger partial charge in [-0.25, -0.2) is 4.98 Å². The Bertz CT molecular complexity index is 1220. The van der Waals surface area contributed by atoms with Crippen LogP contribution in [-0.4, -0.2) is 21.1 Å². The van der Waals surface area contributed by atoms with Crippen LogP contribution in [0.15, 0.2) is 65.8 Å². The lowest BCUT2D eigenvalue weighted by Crippen LogP contribution is -2.02. The van der Waals surface area contributed by atoms with E-state index in [1.165, 1.54) is 11.8 Å². The number of ketones is 1. The van der Waals surface area contributed by atoms with Crippen LogP contribution < -0.4 is 0 Å². The minimum atomic E-state index is 0.0736. The Morgan fingerprint density at radius 3 is 2.71 bits per heavy atom. The molecule has 0 N–H and O–H groups in total. The van der Waals surface area contributed by atoms with Gasteiger partial charge in [0.25, 0.3) is 0 Å². The fourth-order valence-electron chi connectivity index (χ4n) is 3.43. The minimum absolute atomic E-state index is 0.0736. The predicted octanol–water partition coefficient (Wildman–Crippen LogP) is 5.39. The minimum Gasteiger partial charge on any atom is -0.346 e. The Labute approximate surface area is 167 Å². The first-order chi connectivity index (χ1) is 13.7. The predicted molar refractivity (Wildman–Crippen MR) is 114 cm³/mol. The summed E-state index contributed by atoms with van der Waals surface area (Å²) in [6.07, 6.45) is 2.30. The Kier molecular flexibility index (Phi) is 5.14. The molecule has 2 aromatic carbocycles. The van der Waals surface area contributed by atoms with Crippen LogP contribution in [0.4, 0.5) is 0 Å². The molecule has 4 nitrogen and oxygen atoms in total. The van der Waals surface area contributed by atoms with Crippen LogP contribution in [0.3, 0.4) is 0 Å². The molecule has 0 bridgehead atoms. The van der Waals surface area contributed by atoms with E-state index in [9.17, 15) is 4.79 Å². The maximum Gasteiger partial charge on any atom is 0.175 e. The molecule has 0 spiro atoms. The molecule has 4 rings (SSSR count). The highest BCUT2D eigenvalue weighted by atomic mass is 32.2. The fraction of sp³-hybridized carbons (Fsp3) is 0.174. The second-order valence-electron chi connectivity index (χ2n) is 6.67. The number of carbonyl (C=O) groups excluding carboxylic acids is 1. The molecule has 0 saturated heterocycles. The van der Waals surface area contributed by atoms with Gasteiger partial charge in [-0.1, -0.05) is 48.2 Å². The maximum absolute atomic E-state index is 12.9. The third kappa shape index (κ3) is 3.51. The Balaban J connectivity index is 1.58. The van der Waals surface area contributed by atoms with Gasteiger partial charge < -0.3 is 4.57 Å². The second kappa shape index (κ2) is 7.87. The van der Waals surface area contributed by atoms with Gasteiger partial charge in [0.05, 0.1) is 28.8 Å². The van der Waals surface area contributed by atoms with Gasteiger partial charge in [-0.15, -0.1) is 0 Å². The lowest BCUT2D eigenvalue weighted by molar-refractivity contribution is 0.102. The van der Waals surface area contributed by atoms with Gasteiger partial charge in [0, 0.05) is 34.6 Å². The van der Waals surface area contributed by atoms with Crippen LogP contribution in [-0.2, 0) is 6.54 Å². The third-order valence-electron chi connectivity index (χ3n) is 4.80. The van der Waals surface area contributed by atoms with Crippen LogP contribution in [0.25, 0.3) is 21.8 Å². The average Bonchev–Trinajstić information content (AvgIpc) is 3.09. The van der Waals surface area contributed by atoms with E-state index in [4.69, 9.17) is 5.26 Å². The van der Waals surface area contributed by atoms with Crippen LogP contribution in [0.2, 0.25) is 0 Å². The number of nitrogens with zero attached hydrogens (tertiary/aromatic N) is 3. The number of hydrogen-bond donors (Lipinski definition) is 0. The molecule has 0 aliphatic rings. The number of aromatic nitrogens is 2. The van der Waals surface area contributed by atoms with Crippen LogP contribution >= 0.6 is 11.8 Å². The van der Waals surface area contributed by atoms with E-state index in [0.717, 1.165) is 32.4 Å². The fourth-order valence-corrected chi connectivity index (χ4v) is 4.29. The lowest BCUT2D eigenvalue weighted by atomic mass is 10.1. The third-order valence-corrected chi connectivity index (χ3v) is 5.72. The monoisotopic (exact) mass is 385 g/mol. The summed E-state index contributed by atoms with van der Waals surface area (Å²) < 4.78 is 1.99. The van der Waals surface area contributed by atoms with Crippen LogP contribution in [0.1, 0.15) is 22.3 Å². The summed E-state index contributed by atoms with van der Waals surface area (Å²) in [7, 11) is 0. The number of Topliss-reactive ketones (excluding diaryl/α,β-unsaturated/α-hetero) is 1. The van der Waals surface area contributed by atoms with E-state index in [-0.39, 0.29) is 5.78 Å². The summed E-state index contributed by atoms with van der Waals surface area (Å²) in [5.41, 5.74) is 3.81. The second-order valence-corrected chi connectivity index (χ2v) is 7.66. The lowest BCUT2D eigenvalue weighted by Gasteiger charge is -2.06. The molecule has 138 valence electrons. The number of benzene rings is 2. The largest absolute Gasteiger partial charge is 0.346 e. The van der Waals surface area contributed by atoms with E-state index in [1.807, 2.05) is 59.3 Å². The number of rotatable bonds is 6. The zero-order valence-corrected chi connectivity index (χ0v) is 16.4. The number of fused-ring (bicyclic) bond motifs is 2. The summed E-state index contributed by atoms with van der Waals surface area (Å²) in [6, 6.07) is 20.1. The van der Waals surface area contributed by atoms with Crippen molar-refractivity contribution in [2.45, 2.75) is 24.9 Å². The molecule has 0 fully saturated rings. The molecular formula is C23H19N3OS. The van der Waals surface area contributed by atoms with E-state index >= 15 is 0 Å². The topological polar surface area (TPSA) is 58.7 Å². The summed E-state index contributed by atoms with van der Waals surface area (Å²) in [5, 5.41) is 11.8. The van der Waals surface area contributed by atoms with Crippen molar-refractivity contribution in [3.05, 3.63) is 71.9 Å². The van der Waals surface area contributed by atoms with Crippen LogP contribution in [0, 0.1) is 18.3 Å². The molecule has 2 aromatic heterocycles. The van der Waals surface area contributed by atoms with E-state index in [0.29, 0.717) is 24.3 Å². The normalized spacial score (nSPS) is 11.0. The first kappa shape index (κ1) is 18.3. The van der Waals surface area contributed by atoms with Crippen molar-refractivity contribution in [1.82, 2.24) is 9.55 Å². The molecule has 0 unspecified atom stereocenters. The average molecular weight is 385 g/mol. The number of aryl methyl sites for hydroxylation is 2. The Morgan fingerprint density at radius 1 is 1.14 bits per heavy atom. The van der Waals surface area contributed by atoms with Gasteiger partial charge in [-0.3, -0.25) is 4.79 Å². The molecule has 0 atom stereocenters. The van der Waals surface area contributed by atoms with Crippen molar-refractivity contribution in [3.63, 3.8) is 0 Å². The van der Waals surface area contributed by atoms with Crippen molar-refractivity contribution in [3.8, 4) is 6.07 Å². The highest BCUT2D eigenvalue weighted by Gasteiger charge is 2.15. The molecular weight excluding hydrogens is 366 g/mol. The molecule has 2 heterocycles.